The summed E-state index contributed by atoms with van der Waals surface area (Å²) in [5, 5.41) is 0. The summed E-state index contributed by atoms with van der Waals surface area (Å²) in [4.78, 5) is 0. The Morgan fingerprint density at radius 3 is 0.803 bits per heavy atom. The Kier molecular flexibility index (Phi) is 10.1. The van der Waals surface area contributed by atoms with Crippen molar-refractivity contribution in [3.05, 3.63) is 276 Å². The third-order valence-corrected chi connectivity index (χ3v) is 12.0. The van der Waals surface area contributed by atoms with Crippen LogP contribution in [0.5, 0.6) is 11.5 Å². The van der Waals surface area contributed by atoms with E-state index in [2.05, 4.69) is 91.9 Å². The van der Waals surface area contributed by atoms with Gasteiger partial charge in [0.1, 0.15) is 33.9 Å². The van der Waals surface area contributed by atoms with Crippen LogP contribution in [0.2, 0.25) is 0 Å². The Bertz CT molecular complexity index is 2450. The van der Waals surface area contributed by atoms with Gasteiger partial charge in [0.15, 0.2) is 0 Å². The summed E-state index contributed by atoms with van der Waals surface area (Å²) < 4.78 is 41.6. The Morgan fingerprint density at radius 2 is 0.508 bits per heavy atom. The number of benzene rings is 8. The standard InChI is InChI=1S/C53H42B2O6/c1-50(41-23-9-2-10-24-41)51(42-25-11-3-12-26-42,43-27-13-4-14-28-43)59-54(58-50)56-48-37-39-49(40-38-48)57-55-60-52(44-29-15-5-16-30-44,45-31-17-6-18-32-45)53(61-55,46-33-19-7-20-34-46)47-35-21-8-22-36-47/h2-40H,1H3. The van der Waals surface area contributed by atoms with E-state index < -0.39 is 37.0 Å². The molecule has 1 unspecified atom stereocenters. The lowest BCUT2D eigenvalue weighted by molar-refractivity contribution is -0.0147. The monoisotopic (exact) mass is 796 g/mol. The number of hydrogen-bond acceptors (Lipinski definition) is 6. The SMILES string of the molecule is CC1(c2ccccc2)OB(Oc2ccc(OB3OC(c4ccccc4)(c4ccccc4)C(c4ccccc4)(c4ccccc4)O3)cc2)OC1(c1ccccc1)c1ccccc1. The van der Waals surface area contributed by atoms with Gasteiger partial charge in [-0.25, -0.2) is 0 Å². The molecule has 10 rings (SSSR count). The first-order chi connectivity index (χ1) is 30.0. The van der Waals surface area contributed by atoms with E-state index in [-0.39, 0.29) is 0 Å². The molecule has 0 saturated carbocycles. The average molecular weight is 797 g/mol. The second kappa shape index (κ2) is 16.1. The third-order valence-electron chi connectivity index (χ3n) is 12.0. The average Bonchev–Trinajstić information content (AvgIpc) is 3.85. The summed E-state index contributed by atoms with van der Waals surface area (Å²) in [6.45, 7) is 2.07. The van der Waals surface area contributed by atoms with Crippen molar-refractivity contribution in [2.24, 2.45) is 0 Å². The highest BCUT2D eigenvalue weighted by Crippen LogP contribution is 2.59. The zero-order valence-electron chi connectivity index (χ0n) is 33.6. The van der Waals surface area contributed by atoms with Crippen LogP contribution in [0.1, 0.15) is 45.9 Å². The van der Waals surface area contributed by atoms with Crippen LogP contribution >= 0.6 is 0 Å². The molecule has 2 saturated heterocycles. The summed E-state index contributed by atoms with van der Waals surface area (Å²) in [6.07, 6.45) is 0. The second-order valence-corrected chi connectivity index (χ2v) is 15.4. The van der Waals surface area contributed by atoms with E-state index in [1.165, 1.54) is 0 Å². The minimum absolute atomic E-state index is 0.523. The Morgan fingerprint density at radius 1 is 0.279 bits per heavy atom. The molecule has 0 amide bonds. The van der Waals surface area contributed by atoms with E-state index in [0.717, 1.165) is 38.9 Å². The molecular formula is C53H42B2O6. The van der Waals surface area contributed by atoms with Crippen molar-refractivity contribution in [2.45, 2.75) is 29.3 Å². The minimum atomic E-state index is -1.17. The molecule has 61 heavy (non-hydrogen) atoms. The van der Waals surface area contributed by atoms with Gasteiger partial charge in [-0.1, -0.05) is 212 Å². The molecule has 0 aliphatic carbocycles. The Balaban J connectivity index is 0.998. The van der Waals surface area contributed by atoms with E-state index in [0.29, 0.717) is 11.5 Å². The van der Waals surface area contributed by atoms with Crippen molar-refractivity contribution < 1.29 is 27.9 Å². The highest BCUT2D eigenvalue weighted by atomic mass is 16.8. The van der Waals surface area contributed by atoms with E-state index >= 15 is 0 Å². The lowest BCUT2D eigenvalue weighted by Crippen LogP contribution is -2.48. The van der Waals surface area contributed by atoms with Crippen LogP contribution in [0.3, 0.4) is 0 Å². The van der Waals surface area contributed by atoms with Crippen LogP contribution in [0, 0.1) is 0 Å². The molecule has 0 N–H and O–H groups in total. The predicted octanol–water partition coefficient (Wildman–Crippen LogP) is 11.3. The van der Waals surface area contributed by atoms with Gasteiger partial charge >= 0.3 is 14.6 Å². The maximum Gasteiger partial charge on any atom is 0.715 e. The molecule has 8 heteroatoms. The summed E-state index contributed by atoms with van der Waals surface area (Å²) in [7, 11) is -2.19. The van der Waals surface area contributed by atoms with Crippen molar-refractivity contribution in [2.75, 3.05) is 0 Å². The second-order valence-electron chi connectivity index (χ2n) is 15.4. The van der Waals surface area contributed by atoms with Crippen molar-refractivity contribution >= 4 is 14.6 Å². The molecule has 2 aliphatic heterocycles. The van der Waals surface area contributed by atoms with Gasteiger partial charge in [0, 0.05) is 0 Å². The molecule has 1 atom stereocenters. The molecule has 296 valence electrons. The van der Waals surface area contributed by atoms with Crippen LogP contribution in [-0.4, -0.2) is 14.6 Å². The van der Waals surface area contributed by atoms with E-state index in [1.54, 1.807) is 0 Å². The van der Waals surface area contributed by atoms with Crippen LogP contribution in [0.25, 0.3) is 0 Å². The van der Waals surface area contributed by atoms with Crippen molar-refractivity contribution in [1.82, 2.24) is 0 Å². The minimum Gasteiger partial charge on any atom is -0.512 e. The van der Waals surface area contributed by atoms with Crippen LogP contribution in [0.4, 0.5) is 0 Å². The lowest BCUT2D eigenvalue weighted by Gasteiger charge is -2.45. The van der Waals surface area contributed by atoms with Gasteiger partial charge in [-0.3, -0.25) is 0 Å². The van der Waals surface area contributed by atoms with Gasteiger partial charge < -0.3 is 27.9 Å². The molecule has 2 heterocycles. The number of rotatable bonds is 11. The van der Waals surface area contributed by atoms with Crippen LogP contribution in [0.15, 0.2) is 237 Å². The molecule has 0 spiro atoms. The summed E-state index contributed by atoms with van der Waals surface area (Å²) >= 11 is 0. The highest BCUT2D eigenvalue weighted by molar-refractivity contribution is 6.39. The normalized spacial score (nSPS) is 18.7. The fourth-order valence-corrected chi connectivity index (χ4v) is 9.29. The Hall–Kier alpha value is -6.67. The molecule has 0 radical (unpaired) electrons. The molecule has 2 fully saturated rings. The first-order valence-corrected chi connectivity index (χ1v) is 20.6. The van der Waals surface area contributed by atoms with Crippen molar-refractivity contribution in [3.8, 4) is 11.5 Å². The topological polar surface area (TPSA) is 55.4 Å². The predicted molar refractivity (Wildman–Crippen MR) is 238 cm³/mol. The zero-order valence-corrected chi connectivity index (χ0v) is 33.6. The van der Waals surface area contributed by atoms with Crippen LogP contribution in [-0.2, 0) is 41.0 Å². The highest BCUT2D eigenvalue weighted by Gasteiger charge is 2.68. The quantitative estimate of drug-likeness (QED) is 0.122. The van der Waals surface area contributed by atoms with Gasteiger partial charge in [0.2, 0.25) is 0 Å². The van der Waals surface area contributed by atoms with E-state index in [1.807, 2.05) is 152 Å². The molecule has 0 aromatic heterocycles. The maximum absolute atomic E-state index is 7.24. The van der Waals surface area contributed by atoms with E-state index in [9.17, 15) is 0 Å². The smallest absolute Gasteiger partial charge is 0.512 e. The van der Waals surface area contributed by atoms with Crippen molar-refractivity contribution in [3.63, 3.8) is 0 Å². The van der Waals surface area contributed by atoms with Gasteiger partial charge in [-0.05, 0) is 70.1 Å². The molecule has 2 aliphatic rings. The third kappa shape index (κ3) is 6.47. The molecular weight excluding hydrogens is 754 g/mol. The maximum atomic E-state index is 7.24. The summed E-state index contributed by atoms with van der Waals surface area (Å²) in [6, 6.07) is 78.9. The fraction of sp³-hybridized carbons (Fsp3) is 0.0943. The van der Waals surface area contributed by atoms with Gasteiger partial charge in [0.25, 0.3) is 0 Å². The first kappa shape index (κ1) is 38.5. The van der Waals surface area contributed by atoms with Crippen molar-refractivity contribution in [1.29, 1.82) is 0 Å². The number of hydrogen-bond donors (Lipinski definition) is 0. The molecule has 8 aromatic rings. The van der Waals surface area contributed by atoms with Crippen LogP contribution < -0.4 is 9.31 Å². The van der Waals surface area contributed by atoms with Gasteiger partial charge in [0.05, 0.1) is 0 Å². The largest absolute Gasteiger partial charge is 0.715 e. The van der Waals surface area contributed by atoms with E-state index in [4.69, 9.17) is 27.9 Å². The molecule has 0 bridgehead atoms. The lowest BCUT2D eigenvalue weighted by atomic mass is 9.66. The Labute approximate surface area is 357 Å². The first-order valence-electron chi connectivity index (χ1n) is 20.6. The van der Waals surface area contributed by atoms with Gasteiger partial charge in [-0.15, -0.1) is 0 Å². The molecule has 8 aromatic carbocycles. The van der Waals surface area contributed by atoms with Gasteiger partial charge in [-0.2, -0.15) is 0 Å². The molecule has 6 nitrogen and oxygen atoms in total. The summed E-state index contributed by atoms with van der Waals surface area (Å²) in [5.74, 6) is 1.05. The fourth-order valence-electron chi connectivity index (χ4n) is 9.29. The zero-order chi connectivity index (χ0) is 41.2. The summed E-state index contributed by atoms with van der Waals surface area (Å²) in [5.41, 5.74) is 2.18.